The Kier molecular flexibility index (Phi) is 5.55. The maximum Gasteiger partial charge on any atom is 0.389 e. The van der Waals surface area contributed by atoms with Gasteiger partial charge in [0.15, 0.2) is 0 Å². The van der Waals surface area contributed by atoms with Gasteiger partial charge in [0.05, 0.1) is 0 Å². The maximum atomic E-state index is 12.0. The van der Waals surface area contributed by atoms with Crippen molar-refractivity contribution in [1.82, 2.24) is 10.2 Å². The fourth-order valence-electron chi connectivity index (χ4n) is 2.11. The molecule has 1 aliphatic rings. The first-order valence-corrected chi connectivity index (χ1v) is 6.04. The molecule has 1 fully saturated rings. The van der Waals surface area contributed by atoms with E-state index in [0.717, 1.165) is 26.1 Å². The molecule has 1 aliphatic heterocycles. The van der Waals surface area contributed by atoms with Crippen LogP contribution in [-0.2, 0) is 0 Å². The Hall–Kier alpha value is -0.290. The third-order valence-electron chi connectivity index (χ3n) is 3.02. The van der Waals surface area contributed by atoms with E-state index in [2.05, 4.69) is 10.2 Å². The van der Waals surface area contributed by atoms with E-state index in [9.17, 15) is 13.2 Å². The summed E-state index contributed by atoms with van der Waals surface area (Å²) in [6.07, 6.45) is -2.13. The highest BCUT2D eigenvalue weighted by molar-refractivity contribution is 4.77. The first-order chi connectivity index (χ1) is 7.51. The van der Waals surface area contributed by atoms with Crippen LogP contribution in [0.5, 0.6) is 0 Å². The number of nitrogens with one attached hydrogen (secondary N) is 1. The van der Waals surface area contributed by atoms with Crippen molar-refractivity contribution in [1.29, 1.82) is 0 Å². The first kappa shape index (κ1) is 13.8. The largest absolute Gasteiger partial charge is 0.389 e. The number of alkyl halides is 3. The summed E-state index contributed by atoms with van der Waals surface area (Å²) in [5.74, 6) is 0. The Bertz CT molecular complexity index is 188. The second-order valence-electron chi connectivity index (χ2n) is 4.41. The third-order valence-corrected chi connectivity index (χ3v) is 3.02. The lowest BCUT2D eigenvalue weighted by molar-refractivity contribution is -0.136. The van der Waals surface area contributed by atoms with Crippen molar-refractivity contribution < 1.29 is 13.2 Å². The normalized spacial score (nSPS) is 21.9. The minimum atomic E-state index is -4.01. The predicted molar refractivity (Wildman–Crippen MR) is 58.4 cm³/mol. The quantitative estimate of drug-likeness (QED) is 0.764. The van der Waals surface area contributed by atoms with Gasteiger partial charge >= 0.3 is 6.18 Å². The van der Waals surface area contributed by atoms with Crippen LogP contribution in [0.15, 0.2) is 0 Å². The van der Waals surface area contributed by atoms with Gasteiger partial charge in [0.1, 0.15) is 0 Å². The monoisotopic (exact) mass is 238 g/mol. The summed E-state index contributed by atoms with van der Waals surface area (Å²) < 4.78 is 36.0. The molecule has 1 rings (SSSR count). The van der Waals surface area contributed by atoms with Crippen LogP contribution in [-0.4, -0.2) is 43.3 Å². The highest BCUT2D eigenvalue weighted by Gasteiger charge is 2.26. The molecule has 2 nitrogen and oxygen atoms in total. The summed E-state index contributed by atoms with van der Waals surface area (Å²) in [4.78, 5) is 2.11. The number of halogens is 3. The fraction of sp³-hybridized carbons (Fsp3) is 1.00. The minimum absolute atomic E-state index is 0.212. The van der Waals surface area contributed by atoms with E-state index in [1.165, 1.54) is 6.42 Å². The van der Waals surface area contributed by atoms with Gasteiger partial charge < -0.3 is 10.2 Å². The highest BCUT2D eigenvalue weighted by Crippen LogP contribution is 2.21. The van der Waals surface area contributed by atoms with Crippen LogP contribution in [0.2, 0.25) is 0 Å². The molecule has 0 amide bonds. The molecular formula is C11H21F3N2. The Morgan fingerprint density at radius 3 is 2.62 bits per heavy atom. The average molecular weight is 238 g/mol. The second-order valence-corrected chi connectivity index (χ2v) is 4.41. The van der Waals surface area contributed by atoms with E-state index in [1.54, 1.807) is 0 Å². The maximum absolute atomic E-state index is 12.0. The van der Waals surface area contributed by atoms with Gasteiger partial charge in [0.25, 0.3) is 0 Å². The summed E-state index contributed by atoms with van der Waals surface area (Å²) in [7, 11) is 0. The number of likely N-dealkylation sites (N-methyl/N-ethyl adjacent to an activating group) is 1. The third kappa shape index (κ3) is 5.70. The lowest BCUT2D eigenvalue weighted by Gasteiger charge is -2.24. The molecule has 1 saturated heterocycles. The van der Waals surface area contributed by atoms with E-state index in [0.29, 0.717) is 12.6 Å². The standard InChI is InChI=1S/C11H21F3N2/c1-2-16(8-4-6-11(12,13)14)9-10-5-3-7-15-10/h10,15H,2-9H2,1H3. The van der Waals surface area contributed by atoms with Crippen molar-refractivity contribution in [3.05, 3.63) is 0 Å². The Labute approximate surface area is 95.2 Å². The molecule has 0 spiro atoms. The second kappa shape index (κ2) is 6.45. The molecule has 0 aromatic carbocycles. The predicted octanol–water partition coefficient (Wildman–Crippen LogP) is 2.40. The molecule has 0 bridgehead atoms. The molecule has 96 valence electrons. The highest BCUT2D eigenvalue weighted by atomic mass is 19.4. The fourth-order valence-corrected chi connectivity index (χ4v) is 2.11. The Balaban J connectivity index is 2.15. The van der Waals surface area contributed by atoms with Crippen LogP contribution in [0.4, 0.5) is 13.2 Å². The van der Waals surface area contributed by atoms with Crippen LogP contribution in [0.3, 0.4) is 0 Å². The van der Waals surface area contributed by atoms with E-state index in [-0.39, 0.29) is 6.42 Å². The molecule has 5 heteroatoms. The van der Waals surface area contributed by atoms with Gasteiger partial charge in [0.2, 0.25) is 0 Å². The van der Waals surface area contributed by atoms with Gasteiger partial charge in [-0.1, -0.05) is 6.92 Å². The van der Waals surface area contributed by atoms with E-state index in [4.69, 9.17) is 0 Å². The molecule has 0 radical (unpaired) electrons. The lowest BCUT2D eigenvalue weighted by atomic mass is 10.2. The van der Waals surface area contributed by atoms with Gasteiger partial charge in [0, 0.05) is 19.0 Å². The van der Waals surface area contributed by atoms with E-state index >= 15 is 0 Å². The topological polar surface area (TPSA) is 15.3 Å². The van der Waals surface area contributed by atoms with Gasteiger partial charge in [-0.3, -0.25) is 0 Å². The zero-order valence-corrected chi connectivity index (χ0v) is 9.82. The summed E-state index contributed by atoms with van der Waals surface area (Å²) in [6.45, 7) is 5.31. The summed E-state index contributed by atoms with van der Waals surface area (Å²) in [5.41, 5.74) is 0. The van der Waals surface area contributed by atoms with Gasteiger partial charge in [-0.15, -0.1) is 0 Å². The number of nitrogens with zero attached hydrogens (tertiary/aromatic N) is 1. The summed E-state index contributed by atoms with van der Waals surface area (Å²) in [5, 5.41) is 3.36. The molecule has 0 aliphatic carbocycles. The molecule has 1 unspecified atom stereocenters. The smallest absolute Gasteiger partial charge is 0.313 e. The van der Waals surface area contributed by atoms with E-state index < -0.39 is 12.6 Å². The SMILES string of the molecule is CCN(CCCC(F)(F)F)CC1CCCN1. The zero-order valence-electron chi connectivity index (χ0n) is 9.82. The summed E-state index contributed by atoms with van der Waals surface area (Å²) >= 11 is 0. The van der Waals surface area contributed by atoms with Crippen LogP contribution >= 0.6 is 0 Å². The van der Waals surface area contributed by atoms with Crippen LogP contribution in [0.1, 0.15) is 32.6 Å². The van der Waals surface area contributed by atoms with Crippen molar-refractivity contribution in [2.45, 2.75) is 44.8 Å². The Morgan fingerprint density at radius 2 is 2.12 bits per heavy atom. The van der Waals surface area contributed by atoms with E-state index in [1.807, 2.05) is 6.92 Å². The molecule has 1 N–H and O–H groups in total. The zero-order chi connectivity index (χ0) is 12.0. The molecule has 0 aromatic heterocycles. The molecule has 16 heavy (non-hydrogen) atoms. The Morgan fingerprint density at radius 1 is 1.38 bits per heavy atom. The molecule has 0 aromatic rings. The van der Waals surface area contributed by atoms with Crippen molar-refractivity contribution >= 4 is 0 Å². The number of hydrogen-bond donors (Lipinski definition) is 1. The van der Waals surface area contributed by atoms with Crippen LogP contribution in [0, 0.1) is 0 Å². The van der Waals surface area contributed by atoms with Gasteiger partial charge in [-0.25, -0.2) is 0 Å². The summed E-state index contributed by atoms with van der Waals surface area (Å²) in [6, 6.07) is 0.478. The van der Waals surface area contributed by atoms with Crippen molar-refractivity contribution in [3.8, 4) is 0 Å². The van der Waals surface area contributed by atoms with Crippen LogP contribution in [0.25, 0.3) is 0 Å². The first-order valence-electron chi connectivity index (χ1n) is 6.04. The van der Waals surface area contributed by atoms with Gasteiger partial charge in [-0.05, 0) is 38.9 Å². The number of hydrogen-bond acceptors (Lipinski definition) is 2. The van der Waals surface area contributed by atoms with Crippen molar-refractivity contribution in [3.63, 3.8) is 0 Å². The molecular weight excluding hydrogens is 217 g/mol. The minimum Gasteiger partial charge on any atom is -0.313 e. The van der Waals surface area contributed by atoms with Crippen LogP contribution < -0.4 is 5.32 Å². The number of rotatable bonds is 6. The molecule has 0 saturated carbocycles. The lowest BCUT2D eigenvalue weighted by Crippen LogP contribution is -2.38. The van der Waals surface area contributed by atoms with Crippen molar-refractivity contribution in [2.75, 3.05) is 26.2 Å². The molecule has 1 heterocycles. The molecule has 1 atom stereocenters. The average Bonchev–Trinajstić information content (AvgIpc) is 2.67. The van der Waals surface area contributed by atoms with Gasteiger partial charge in [-0.2, -0.15) is 13.2 Å². The van der Waals surface area contributed by atoms with Crippen molar-refractivity contribution in [2.24, 2.45) is 0 Å².